The fraction of sp³-hybridized carbons (Fsp3) is 0.917. The van der Waals surface area contributed by atoms with Crippen LogP contribution in [-0.2, 0) is 9.53 Å². The number of rotatable bonds is 6. The van der Waals surface area contributed by atoms with Crippen LogP contribution in [0.5, 0.6) is 0 Å². The highest BCUT2D eigenvalue weighted by Crippen LogP contribution is 2.26. The molecule has 88 valence electrons. The Morgan fingerprint density at radius 3 is 2.67 bits per heavy atom. The quantitative estimate of drug-likeness (QED) is 0.734. The molecule has 0 saturated heterocycles. The van der Waals surface area contributed by atoms with Crippen molar-refractivity contribution in [3.63, 3.8) is 0 Å². The van der Waals surface area contributed by atoms with E-state index in [1.54, 1.807) is 0 Å². The largest absolute Gasteiger partial charge is 0.369 e. The minimum atomic E-state index is 0.0155. The minimum Gasteiger partial charge on any atom is -0.369 e. The van der Waals surface area contributed by atoms with E-state index in [2.05, 4.69) is 5.32 Å². The highest BCUT2D eigenvalue weighted by molar-refractivity contribution is 5.77. The van der Waals surface area contributed by atoms with Gasteiger partial charge in [0.2, 0.25) is 5.91 Å². The predicted molar refractivity (Wildman–Crippen MR) is 60.7 cm³/mol. The Balaban J connectivity index is 1.96. The van der Waals surface area contributed by atoms with Crippen molar-refractivity contribution in [2.45, 2.75) is 52.1 Å². The first-order chi connectivity index (χ1) is 7.18. The Kier molecular flexibility index (Phi) is 5.69. The summed E-state index contributed by atoms with van der Waals surface area (Å²) in [4.78, 5) is 11.3. The summed E-state index contributed by atoms with van der Waals surface area (Å²) in [6.45, 7) is 4.88. The number of ether oxygens (including phenoxy) is 1. The smallest absolute Gasteiger partial charge is 0.246 e. The van der Waals surface area contributed by atoms with Gasteiger partial charge in [-0.3, -0.25) is 4.79 Å². The van der Waals surface area contributed by atoms with Crippen LogP contribution in [0.25, 0.3) is 0 Å². The molecule has 0 unspecified atom stereocenters. The minimum absolute atomic E-state index is 0.0155. The van der Waals surface area contributed by atoms with Crippen LogP contribution < -0.4 is 5.32 Å². The van der Waals surface area contributed by atoms with Crippen LogP contribution in [-0.4, -0.2) is 25.2 Å². The molecule has 0 heterocycles. The molecule has 3 nitrogen and oxygen atoms in total. The van der Waals surface area contributed by atoms with Crippen molar-refractivity contribution in [2.24, 2.45) is 5.92 Å². The fourth-order valence-electron chi connectivity index (χ4n) is 2.01. The molecule has 0 radical (unpaired) electrons. The van der Waals surface area contributed by atoms with E-state index in [0.717, 1.165) is 18.9 Å². The number of hydrogen-bond donors (Lipinski definition) is 1. The average Bonchev–Trinajstić information content (AvgIpc) is 2.67. The summed E-state index contributed by atoms with van der Waals surface area (Å²) in [5.74, 6) is 0.859. The molecule has 3 heteroatoms. The van der Waals surface area contributed by atoms with Crippen molar-refractivity contribution in [2.75, 3.05) is 13.2 Å². The molecule has 0 spiro atoms. The monoisotopic (exact) mass is 213 g/mol. The van der Waals surface area contributed by atoms with Gasteiger partial charge in [0.05, 0.1) is 6.10 Å². The summed E-state index contributed by atoms with van der Waals surface area (Å²) in [5, 5.41) is 2.90. The molecule has 0 aromatic heterocycles. The lowest BCUT2D eigenvalue weighted by Gasteiger charge is -2.11. The van der Waals surface area contributed by atoms with Crippen LogP contribution in [0.2, 0.25) is 0 Å². The van der Waals surface area contributed by atoms with E-state index in [0.29, 0.717) is 0 Å². The second-order valence-electron chi connectivity index (χ2n) is 4.65. The van der Waals surface area contributed by atoms with E-state index in [-0.39, 0.29) is 18.6 Å². The molecule has 0 aromatic carbocycles. The first-order valence-corrected chi connectivity index (χ1v) is 6.07. The van der Waals surface area contributed by atoms with Crippen LogP contribution >= 0.6 is 0 Å². The summed E-state index contributed by atoms with van der Waals surface area (Å²) < 4.78 is 5.21. The molecule has 1 aliphatic carbocycles. The van der Waals surface area contributed by atoms with E-state index in [1.807, 2.05) is 13.8 Å². The maximum Gasteiger partial charge on any atom is 0.246 e. The number of carbonyl (C=O) groups excluding carboxylic acids is 1. The molecule has 0 atom stereocenters. The third-order valence-corrected chi connectivity index (χ3v) is 2.90. The van der Waals surface area contributed by atoms with Crippen molar-refractivity contribution in [3.8, 4) is 0 Å². The number of carbonyl (C=O) groups is 1. The molecule has 0 aromatic rings. The summed E-state index contributed by atoms with van der Waals surface area (Å²) in [6.07, 6.45) is 6.69. The molecule has 1 N–H and O–H groups in total. The van der Waals surface area contributed by atoms with E-state index in [1.165, 1.54) is 25.7 Å². The van der Waals surface area contributed by atoms with Crippen LogP contribution in [0.4, 0.5) is 0 Å². The third kappa shape index (κ3) is 5.78. The van der Waals surface area contributed by atoms with Crippen molar-refractivity contribution < 1.29 is 9.53 Å². The van der Waals surface area contributed by atoms with Crippen LogP contribution in [0.15, 0.2) is 0 Å². The molecule has 1 saturated carbocycles. The van der Waals surface area contributed by atoms with Gasteiger partial charge >= 0.3 is 0 Å². The van der Waals surface area contributed by atoms with E-state index in [9.17, 15) is 4.79 Å². The highest BCUT2D eigenvalue weighted by Gasteiger charge is 2.14. The van der Waals surface area contributed by atoms with Gasteiger partial charge in [-0.15, -0.1) is 0 Å². The zero-order valence-corrected chi connectivity index (χ0v) is 9.92. The zero-order valence-electron chi connectivity index (χ0n) is 9.92. The van der Waals surface area contributed by atoms with Crippen molar-refractivity contribution in [3.05, 3.63) is 0 Å². The van der Waals surface area contributed by atoms with E-state index in [4.69, 9.17) is 4.74 Å². The van der Waals surface area contributed by atoms with Gasteiger partial charge in [0.15, 0.2) is 0 Å². The molecule has 0 aliphatic heterocycles. The lowest BCUT2D eigenvalue weighted by molar-refractivity contribution is -0.127. The molecular formula is C12H23NO2. The van der Waals surface area contributed by atoms with Gasteiger partial charge in [-0.2, -0.15) is 0 Å². The maximum atomic E-state index is 11.3. The lowest BCUT2D eigenvalue weighted by Crippen LogP contribution is -2.30. The van der Waals surface area contributed by atoms with E-state index < -0.39 is 0 Å². The summed E-state index contributed by atoms with van der Waals surface area (Å²) >= 11 is 0. The highest BCUT2D eigenvalue weighted by atomic mass is 16.5. The van der Waals surface area contributed by atoms with Gasteiger partial charge in [0.25, 0.3) is 0 Å². The van der Waals surface area contributed by atoms with Gasteiger partial charge in [-0.1, -0.05) is 25.7 Å². The normalized spacial score (nSPS) is 17.3. The van der Waals surface area contributed by atoms with Crippen LogP contribution in [0.1, 0.15) is 46.0 Å². The van der Waals surface area contributed by atoms with Crippen molar-refractivity contribution in [1.82, 2.24) is 5.32 Å². The molecule has 1 fully saturated rings. The number of nitrogens with one attached hydrogen (secondary N) is 1. The fourth-order valence-corrected chi connectivity index (χ4v) is 2.01. The summed E-state index contributed by atoms with van der Waals surface area (Å²) in [7, 11) is 0. The average molecular weight is 213 g/mol. The molecule has 1 aliphatic rings. The van der Waals surface area contributed by atoms with Crippen molar-refractivity contribution >= 4 is 5.91 Å². The topological polar surface area (TPSA) is 38.3 Å². The number of hydrogen-bond acceptors (Lipinski definition) is 2. The van der Waals surface area contributed by atoms with Gasteiger partial charge in [0.1, 0.15) is 6.61 Å². The Morgan fingerprint density at radius 2 is 2.07 bits per heavy atom. The summed E-state index contributed by atoms with van der Waals surface area (Å²) in [5.41, 5.74) is 0. The SMILES string of the molecule is CC(C)OCC(=O)NCCC1CCCC1. The van der Waals surface area contributed by atoms with Crippen LogP contribution in [0.3, 0.4) is 0 Å². The summed E-state index contributed by atoms with van der Waals surface area (Å²) in [6, 6.07) is 0. The van der Waals surface area contributed by atoms with E-state index >= 15 is 0 Å². The Labute approximate surface area is 92.6 Å². The molecule has 1 rings (SSSR count). The Bertz CT molecular complexity index is 186. The Hall–Kier alpha value is -0.570. The van der Waals surface area contributed by atoms with Crippen LogP contribution in [0, 0.1) is 5.92 Å². The van der Waals surface area contributed by atoms with Gasteiger partial charge < -0.3 is 10.1 Å². The first-order valence-electron chi connectivity index (χ1n) is 6.07. The predicted octanol–water partition coefficient (Wildman–Crippen LogP) is 2.11. The van der Waals surface area contributed by atoms with Crippen molar-refractivity contribution in [1.29, 1.82) is 0 Å². The maximum absolute atomic E-state index is 11.3. The molecule has 0 bridgehead atoms. The zero-order chi connectivity index (χ0) is 11.1. The van der Waals surface area contributed by atoms with Gasteiger partial charge in [-0.25, -0.2) is 0 Å². The van der Waals surface area contributed by atoms with Gasteiger partial charge in [0, 0.05) is 6.54 Å². The molecule has 1 amide bonds. The molecular weight excluding hydrogens is 190 g/mol. The standard InChI is InChI=1S/C12H23NO2/c1-10(2)15-9-12(14)13-8-7-11-5-3-4-6-11/h10-11H,3-9H2,1-2H3,(H,13,14). The third-order valence-electron chi connectivity index (χ3n) is 2.90. The molecule has 15 heavy (non-hydrogen) atoms. The second kappa shape index (κ2) is 6.83. The Morgan fingerprint density at radius 1 is 1.40 bits per heavy atom. The lowest BCUT2D eigenvalue weighted by atomic mass is 10.0. The number of amides is 1. The van der Waals surface area contributed by atoms with Gasteiger partial charge in [-0.05, 0) is 26.2 Å². The second-order valence-corrected chi connectivity index (χ2v) is 4.65. The first kappa shape index (κ1) is 12.5.